The number of nitrogens with one attached hydrogen (secondary N) is 1. The quantitative estimate of drug-likeness (QED) is 0.520. The van der Waals surface area contributed by atoms with Gasteiger partial charge in [-0.2, -0.15) is 4.98 Å². The fourth-order valence-corrected chi connectivity index (χ4v) is 4.44. The second-order valence-electron chi connectivity index (χ2n) is 8.96. The molecule has 1 saturated heterocycles. The molecule has 0 saturated carbocycles. The maximum absolute atomic E-state index is 13.2. The van der Waals surface area contributed by atoms with Gasteiger partial charge in [0.15, 0.2) is 0 Å². The number of aryl methyl sites for hydroxylation is 1. The highest BCUT2D eigenvalue weighted by atomic mass is 16.5. The molecule has 35 heavy (non-hydrogen) atoms. The van der Waals surface area contributed by atoms with Crippen molar-refractivity contribution in [2.45, 2.75) is 40.2 Å². The zero-order valence-corrected chi connectivity index (χ0v) is 20.7. The maximum Gasteiger partial charge on any atom is 0.255 e. The van der Waals surface area contributed by atoms with E-state index < -0.39 is 0 Å². The van der Waals surface area contributed by atoms with Crippen molar-refractivity contribution < 1.29 is 14.1 Å². The number of rotatable bonds is 8. The number of anilines is 1. The lowest BCUT2D eigenvalue weighted by atomic mass is 9.96. The molecule has 1 aliphatic heterocycles. The number of hydrogen-bond donors (Lipinski definition) is 1. The van der Waals surface area contributed by atoms with E-state index in [4.69, 9.17) is 4.52 Å². The monoisotopic (exact) mass is 475 g/mol. The van der Waals surface area contributed by atoms with Crippen LogP contribution in [0.1, 0.15) is 48.5 Å². The molecule has 2 heterocycles. The third-order valence-electron chi connectivity index (χ3n) is 6.48. The first-order chi connectivity index (χ1) is 17.0. The smallest absolute Gasteiger partial charge is 0.255 e. The molecule has 2 amide bonds. The van der Waals surface area contributed by atoms with E-state index in [1.165, 1.54) is 5.56 Å². The Bertz CT molecular complexity index is 1150. The third-order valence-corrected chi connectivity index (χ3v) is 6.48. The van der Waals surface area contributed by atoms with E-state index >= 15 is 0 Å². The summed E-state index contributed by atoms with van der Waals surface area (Å²) in [5, 5.41) is 7.13. The summed E-state index contributed by atoms with van der Waals surface area (Å²) in [5.74, 6) is 0.787. The van der Waals surface area contributed by atoms with Crippen LogP contribution in [0.3, 0.4) is 0 Å². The molecule has 0 radical (unpaired) electrons. The van der Waals surface area contributed by atoms with Gasteiger partial charge >= 0.3 is 0 Å². The van der Waals surface area contributed by atoms with Crippen LogP contribution in [0.4, 0.5) is 5.69 Å². The topological polar surface area (TPSA) is 91.6 Å². The van der Waals surface area contributed by atoms with Crippen molar-refractivity contribution in [1.82, 2.24) is 19.9 Å². The summed E-state index contributed by atoms with van der Waals surface area (Å²) in [6.45, 7) is 9.14. The van der Waals surface area contributed by atoms with Gasteiger partial charge in [0.1, 0.15) is 0 Å². The highest BCUT2D eigenvalue weighted by Gasteiger charge is 2.28. The van der Waals surface area contributed by atoms with Gasteiger partial charge in [-0.3, -0.25) is 14.5 Å². The minimum atomic E-state index is -0.181. The summed E-state index contributed by atoms with van der Waals surface area (Å²) in [6, 6.07) is 15.2. The van der Waals surface area contributed by atoms with E-state index in [1.54, 1.807) is 17.0 Å². The van der Waals surface area contributed by atoms with Gasteiger partial charge in [0.05, 0.1) is 23.7 Å². The SMILES string of the molecule is CCN(CC)C(=O)c1ccccc1NC(=O)C1CCCN(Cc2nc(-c3ccc(C)cc3)no2)C1. The van der Waals surface area contributed by atoms with Gasteiger partial charge in [-0.1, -0.05) is 47.1 Å². The largest absolute Gasteiger partial charge is 0.339 e. The van der Waals surface area contributed by atoms with Crippen molar-refractivity contribution in [3.63, 3.8) is 0 Å². The molecule has 2 aromatic carbocycles. The number of piperidine rings is 1. The van der Waals surface area contributed by atoms with Gasteiger partial charge in [-0.05, 0) is 52.3 Å². The average molecular weight is 476 g/mol. The second-order valence-corrected chi connectivity index (χ2v) is 8.96. The number of amides is 2. The van der Waals surface area contributed by atoms with E-state index in [1.807, 2.05) is 57.2 Å². The molecule has 1 N–H and O–H groups in total. The lowest BCUT2D eigenvalue weighted by Gasteiger charge is -2.31. The zero-order chi connectivity index (χ0) is 24.8. The van der Waals surface area contributed by atoms with Crippen molar-refractivity contribution in [2.24, 2.45) is 5.92 Å². The molecule has 8 heteroatoms. The minimum Gasteiger partial charge on any atom is -0.339 e. The molecule has 1 aliphatic rings. The summed E-state index contributed by atoms with van der Waals surface area (Å²) in [6.07, 6.45) is 1.70. The number of likely N-dealkylation sites (tertiary alicyclic amines) is 1. The lowest BCUT2D eigenvalue weighted by Crippen LogP contribution is -2.40. The molecule has 1 aromatic heterocycles. The van der Waals surface area contributed by atoms with Gasteiger partial charge in [-0.25, -0.2) is 0 Å². The predicted molar refractivity (Wildman–Crippen MR) is 135 cm³/mol. The first-order valence-electron chi connectivity index (χ1n) is 12.3. The predicted octanol–water partition coefficient (Wildman–Crippen LogP) is 4.38. The molecule has 3 aromatic rings. The van der Waals surface area contributed by atoms with Gasteiger partial charge in [0.25, 0.3) is 5.91 Å². The number of benzene rings is 2. The van der Waals surface area contributed by atoms with Crippen LogP contribution in [0.25, 0.3) is 11.4 Å². The number of carbonyl (C=O) groups excluding carboxylic acids is 2. The zero-order valence-electron chi connectivity index (χ0n) is 20.7. The summed E-state index contributed by atoms with van der Waals surface area (Å²) >= 11 is 0. The molecule has 0 bridgehead atoms. The van der Waals surface area contributed by atoms with Crippen LogP contribution in [-0.2, 0) is 11.3 Å². The number of hydrogen-bond acceptors (Lipinski definition) is 6. The molecular weight excluding hydrogens is 442 g/mol. The van der Waals surface area contributed by atoms with Gasteiger partial charge < -0.3 is 14.7 Å². The van der Waals surface area contributed by atoms with Crippen LogP contribution in [0.5, 0.6) is 0 Å². The molecule has 0 aliphatic carbocycles. The Labute approximate surface area is 206 Å². The van der Waals surface area contributed by atoms with Crippen molar-refractivity contribution in [2.75, 3.05) is 31.5 Å². The molecular formula is C27H33N5O3. The molecule has 184 valence electrons. The highest BCUT2D eigenvalue weighted by Crippen LogP contribution is 2.23. The average Bonchev–Trinajstić information content (AvgIpc) is 3.34. The fourth-order valence-electron chi connectivity index (χ4n) is 4.44. The Morgan fingerprint density at radius 1 is 1.11 bits per heavy atom. The van der Waals surface area contributed by atoms with Crippen molar-refractivity contribution >= 4 is 17.5 Å². The van der Waals surface area contributed by atoms with Crippen LogP contribution in [0, 0.1) is 12.8 Å². The van der Waals surface area contributed by atoms with Crippen LogP contribution in [0.15, 0.2) is 53.1 Å². The Morgan fingerprint density at radius 2 is 1.86 bits per heavy atom. The number of aromatic nitrogens is 2. The maximum atomic E-state index is 13.2. The Balaban J connectivity index is 1.39. The van der Waals surface area contributed by atoms with E-state index in [0.717, 1.165) is 24.9 Å². The van der Waals surface area contributed by atoms with E-state index in [9.17, 15) is 9.59 Å². The number of nitrogens with zero attached hydrogens (tertiary/aromatic N) is 4. The number of carbonyl (C=O) groups is 2. The first kappa shape index (κ1) is 24.6. The highest BCUT2D eigenvalue weighted by molar-refractivity contribution is 6.04. The summed E-state index contributed by atoms with van der Waals surface area (Å²) in [4.78, 5) is 34.5. The van der Waals surface area contributed by atoms with E-state index in [0.29, 0.717) is 49.1 Å². The van der Waals surface area contributed by atoms with E-state index in [-0.39, 0.29) is 17.7 Å². The summed E-state index contributed by atoms with van der Waals surface area (Å²) in [7, 11) is 0. The third kappa shape index (κ3) is 5.95. The lowest BCUT2D eigenvalue weighted by molar-refractivity contribution is -0.121. The van der Waals surface area contributed by atoms with Gasteiger partial charge in [-0.15, -0.1) is 0 Å². The van der Waals surface area contributed by atoms with Crippen molar-refractivity contribution in [3.05, 3.63) is 65.5 Å². The normalized spacial score (nSPS) is 16.1. The second kappa shape index (κ2) is 11.3. The summed E-state index contributed by atoms with van der Waals surface area (Å²) < 4.78 is 5.48. The molecule has 1 atom stereocenters. The van der Waals surface area contributed by atoms with Crippen molar-refractivity contribution in [3.8, 4) is 11.4 Å². The minimum absolute atomic E-state index is 0.0691. The summed E-state index contributed by atoms with van der Waals surface area (Å²) in [5.41, 5.74) is 3.17. The Hall–Kier alpha value is -3.52. The van der Waals surface area contributed by atoms with Gasteiger partial charge in [0, 0.05) is 25.2 Å². The molecule has 0 spiro atoms. The van der Waals surface area contributed by atoms with E-state index in [2.05, 4.69) is 20.4 Å². The Morgan fingerprint density at radius 3 is 2.60 bits per heavy atom. The fraction of sp³-hybridized carbons (Fsp3) is 0.407. The van der Waals surface area contributed by atoms with Crippen molar-refractivity contribution in [1.29, 1.82) is 0 Å². The first-order valence-corrected chi connectivity index (χ1v) is 12.3. The molecule has 1 unspecified atom stereocenters. The van der Waals surface area contributed by atoms with Crippen LogP contribution in [0.2, 0.25) is 0 Å². The van der Waals surface area contributed by atoms with Crippen LogP contribution >= 0.6 is 0 Å². The number of para-hydroxylation sites is 1. The van der Waals surface area contributed by atoms with Crippen LogP contribution in [-0.4, -0.2) is 57.9 Å². The van der Waals surface area contributed by atoms with Crippen LogP contribution < -0.4 is 5.32 Å². The Kier molecular flexibility index (Phi) is 7.92. The molecule has 8 nitrogen and oxygen atoms in total. The molecule has 1 fully saturated rings. The standard InChI is InChI=1S/C27H33N5O3/c1-4-32(5-2)27(34)22-10-6-7-11-23(22)28-26(33)21-9-8-16-31(17-21)18-24-29-25(30-35-24)20-14-12-19(3)13-15-20/h6-7,10-15,21H,4-5,8-9,16-18H2,1-3H3,(H,28,33). The molecule has 4 rings (SSSR count). The van der Waals surface area contributed by atoms with Gasteiger partial charge in [0.2, 0.25) is 17.6 Å².